The lowest BCUT2D eigenvalue weighted by Gasteiger charge is -2.19. The van der Waals surface area contributed by atoms with Crippen LogP contribution in [-0.4, -0.2) is 35.5 Å². The number of nitrogens with one attached hydrogen (secondary N) is 2. The highest BCUT2D eigenvalue weighted by Gasteiger charge is 2.25. The SMILES string of the molecule is CCSCCC(C)NC(C)C(=O)NC1CC1. The Balaban J connectivity index is 2.10. The van der Waals surface area contributed by atoms with E-state index < -0.39 is 0 Å². The summed E-state index contributed by atoms with van der Waals surface area (Å²) in [6, 6.07) is 0.809. The third-order valence-corrected chi connectivity index (χ3v) is 3.68. The zero-order valence-electron chi connectivity index (χ0n) is 10.6. The molecular weight excluding hydrogens is 220 g/mol. The molecule has 0 spiro atoms. The van der Waals surface area contributed by atoms with Crippen molar-refractivity contribution in [3.05, 3.63) is 0 Å². The first-order valence-electron chi connectivity index (χ1n) is 6.27. The fraction of sp³-hybridized carbons (Fsp3) is 0.917. The van der Waals surface area contributed by atoms with Gasteiger partial charge in [0.25, 0.3) is 0 Å². The lowest BCUT2D eigenvalue weighted by Crippen LogP contribution is -2.46. The Morgan fingerprint density at radius 3 is 2.69 bits per heavy atom. The van der Waals surface area contributed by atoms with E-state index in [1.54, 1.807) is 0 Å². The second-order valence-corrected chi connectivity index (χ2v) is 5.95. The van der Waals surface area contributed by atoms with Crippen LogP contribution >= 0.6 is 11.8 Å². The van der Waals surface area contributed by atoms with Gasteiger partial charge in [-0.05, 0) is 44.6 Å². The van der Waals surface area contributed by atoms with Gasteiger partial charge in [-0.3, -0.25) is 4.79 Å². The van der Waals surface area contributed by atoms with Gasteiger partial charge < -0.3 is 10.6 Å². The van der Waals surface area contributed by atoms with Crippen molar-refractivity contribution in [1.82, 2.24) is 10.6 Å². The number of carbonyl (C=O) groups is 1. The van der Waals surface area contributed by atoms with Gasteiger partial charge in [0, 0.05) is 12.1 Å². The number of hydrogen-bond acceptors (Lipinski definition) is 3. The lowest BCUT2D eigenvalue weighted by molar-refractivity contribution is -0.123. The average Bonchev–Trinajstić information content (AvgIpc) is 3.02. The Morgan fingerprint density at radius 2 is 2.12 bits per heavy atom. The average molecular weight is 244 g/mol. The quantitative estimate of drug-likeness (QED) is 0.639. The summed E-state index contributed by atoms with van der Waals surface area (Å²) < 4.78 is 0. The molecule has 0 saturated heterocycles. The van der Waals surface area contributed by atoms with Gasteiger partial charge in [0.15, 0.2) is 0 Å². The van der Waals surface area contributed by atoms with Crippen LogP contribution < -0.4 is 10.6 Å². The molecule has 0 aliphatic heterocycles. The van der Waals surface area contributed by atoms with E-state index in [1.165, 1.54) is 11.5 Å². The van der Waals surface area contributed by atoms with Crippen molar-refractivity contribution in [1.29, 1.82) is 0 Å². The standard InChI is InChI=1S/C12H24N2OS/c1-4-16-8-7-9(2)13-10(3)12(15)14-11-5-6-11/h9-11,13H,4-8H2,1-3H3,(H,14,15). The monoisotopic (exact) mass is 244 g/mol. The summed E-state index contributed by atoms with van der Waals surface area (Å²) in [4.78, 5) is 11.7. The van der Waals surface area contributed by atoms with Gasteiger partial charge >= 0.3 is 0 Å². The summed E-state index contributed by atoms with van der Waals surface area (Å²) in [7, 11) is 0. The molecule has 0 aromatic rings. The van der Waals surface area contributed by atoms with E-state index in [0.717, 1.165) is 19.3 Å². The third kappa shape index (κ3) is 5.75. The molecular formula is C12H24N2OS. The maximum atomic E-state index is 11.7. The molecule has 1 rings (SSSR count). The first-order valence-corrected chi connectivity index (χ1v) is 7.43. The van der Waals surface area contributed by atoms with Crippen LogP contribution in [0.2, 0.25) is 0 Å². The smallest absolute Gasteiger partial charge is 0.237 e. The van der Waals surface area contributed by atoms with Crippen molar-refractivity contribution in [3.8, 4) is 0 Å². The van der Waals surface area contributed by atoms with Gasteiger partial charge in [-0.2, -0.15) is 11.8 Å². The van der Waals surface area contributed by atoms with Crippen molar-refractivity contribution in [2.75, 3.05) is 11.5 Å². The van der Waals surface area contributed by atoms with E-state index in [4.69, 9.17) is 0 Å². The Labute approximate surface area is 103 Å². The van der Waals surface area contributed by atoms with E-state index in [-0.39, 0.29) is 11.9 Å². The van der Waals surface area contributed by atoms with Crippen LogP contribution in [0.5, 0.6) is 0 Å². The predicted octanol–water partition coefficient (Wildman–Crippen LogP) is 1.77. The second kappa shape index (κ2) is 7.17. The molecule has 2 unspecified atom stereocenters. The van der Waals surface area contributed by atoms with E-state index >= 15 is 0 Å². The van der Waals surface area contributed by atoms with Gasteiger partial charge in [-0.15, -0.1) is 0 Å². The summed E-state index contributed by atoms with van der Waals surface area (Å²) >= 11 is 1.95. The summed E-state index contributed by atoms with van der Waals surface area (Å²) in [5, 5.41) is 6.37. The van der Waals surface area contributed by atoms with Crippen LogP contribution in [0.1, 0.15) is 40.0 Å². The number of hydrogen-bond donors (Lipinski definition) is 2. The molecule has 1 fully saturated rings. The molecule has 1 saturated carbocycles. The molecule has 2 atom stereocenters. The lowest BCUT2D eigenvalue weighted by atomic mass is 10.2. The van der Waals surface area contributed by atoms with Crippen LogP contribution in [0, 0.1) is 0 Å². The highest BCUT2D eigenvalue weighted by Crippen LogP contribution is 2.18. The summed E-state index contributed by atoms with van der Waals surface area (Å²) in [6.45, 7) is 6.27. The van der Waals surface area contributed by atoms with Crippen molar-refractivity contribution >= 4 is 17.7 Å². The highest BCUT2D eigenvalue weighted by atomic mass is 32.2. The molecule has 1 aliphatic rings. The molecule has 0 bridgehead atoms. The van der Waals surface area contributed by atoms with E-state index in [2.05, 4.69) is 24.5 Å². The molecule has 1 amide bonds. The molecule has 3 nitrogen and oxygen atoms in total. The number of rotatable bonds is 8. The second-order valence-electron chi connectivity index (χ2n) is 4.56. The Kier molecular flexibility index (Phi) is 6.21. The van der Waals surface area contributed by atoms with Crippen molar-refractivity contribution < 1.29 is 4.79 Å². The minimum Gasteiger partial charge on any atom is -0.352 e. The summed E-state index contributed by atoms with van der Waals surface area (Å²) in [6.07, 6.45) is 3.43. The molecule has 0 aromatic carbocycles. The third-order valence-electron chi connectivity index (χ3n) is 2.75. The van der Waals surface area contributed by atoms with Crippen LogP contribution in [0.3, 0.4) is 0 Å². The van der Waals surface area contributed by atoms with Crippen LogP contribution in [0.4, 0.5) is 0 Å². The van der Waals surface area contributed by atoms with E-state index in [0.29, 0.717) is 12.1 Å². The van der Waals surface area contributed by atoms with Gasteiger partial charge in [-0.25, -0.2) is 0 Å². The number of carbonyl (C=O) groups excluding carboxylic acids is 1. The maximum absolute atomic E-state index is 11.7. The molecule has 0 heterocycles. The molecule has 1 aliphatic carbocycles. The number of amides is 1. The zero-order chi connectivity index (χ0) is 12.0. The topological polar surface area (TPSA) is 41.1 Å². The number of thioether (sulfide) groups is 1. The Hall–Kier alpha value is -0.220. The first kappa shape index (κ1) is 13.8. The van der Waals surface area contributed by atoms with E-state index in [1.807, 2.05) is 18.7 Å². The van der Waals surface area contributed by atoms with Crippen LogP contribution in [0.15, 0.2) is 0 Å². The Morgan fingerprint density at radius 1 is 1.44 bits per heavy atom. The van der Waals surface area contributed by atoms with Crippen LogP contribution in [0.25, 0.3) is 0 Å². The highest BCUT2D eigenvalue weighted by molar-refractivity contribution is 7.99. The Bertz CT molecular complexity index is 219. The minimum atomic E-state index is -0.0674. The molecule has 94 valence electrons. The molecule has 0 aromatic heterocycles. The van der Waals surface area contributed by atoms with Crippen molar-refractivity contribution in [2.24, 2.45) is 0 Å². The molecule has 16 heavy (non-hydrogen) atoms. The predicted molar refractivity (Wildman–Crippen MR) is 70.8 cm³/mol. The first-order chi connectivity index (χ1) is 7.63. The van der Waals surface area contributed by atoms with Gasteiger partial charge in [-0.1, -0.05) is 6.92 Å². The van der Waals surface area contributed by atoms with Gasteiger partial charge in [0.05, 0.1) is 6.04 Å². The largest absolute Gasteiger partial charge is 0.352 e. The normalized spacial score (nSPS) is 19.2. The van der Waals surface area contributed by atoms with Crippen LogP contribution in [-0.2, 0) is 4.79 Å². The maximum Gasteiger partial charge on any atom is 0.237 e. The fourth-order valence-electron chi connectivity index (χ4n) is 1.54. The molecule has 4 heteroatoms. The molecule has 2 N–H and O–H groups in total. The van der Waals surface area contributed by atoms with Gasteiger partial charge in [0.2, 0.25) is 5.91 Å². The zero-order valence-corrected chi connectivity index (χ0v) is 11.4. The summed E-state index contributed by atoms with van der Waals surface area (Å²) in [5.74, 6) is 2.49. The summed E-state index contributed by atoms with van der Waals surface area (Å²) in [5.41, 5.74) is 0. The van der Waals surface area contributed by atoms with Gasteiger partial charge in [0.1, 0.15) is 0 Å². The molecule has 0 radical (unpaired) electrons. The minimum absolute atomic E-state index is 0.0674. The van der Waals surface area contributed by atoms with E-state index in [9.17, 15) is 4.79 Å². The van der Waals surface area contributed by atoms with Crippen molar-refractivity contribution in [2.45, 2.75) is 58.2 Å². The fourth-order valence-corrected chi connectivity index (χ4v) is 2.35. The van der Waals surface area contributed by atoms with Crippen molar-refractivity contribution in [3.63, 3.8) is 0 Å².